The summed E-state index contributed by atoms with van der Waals surface area (Å²) in [6, 6.07) is 10.1. The fourth-order valence-electron chi connectivity index (χ4n) is 1.44. The molecule has 4 heteroatoms. The van der Waals surface area contributed by atoms with E-state index in [4.69, 9.17) is 5.73 Å². The Balaban J connectivity index is 2.02. The van der Waals surface area contributed by atoms with Crippen LogP contribution in [0.25, 0.3) is 0 Å². The van der Waals surface area contributed by atoms with Crippen molar-refractivity contribution in [3.05, 3.63) is 53.3 Å². The fraction of sp³-hybridized carbons (Fsp3) is 0.154. The number of benzene rings is 1. The second-order valence-electron chi connectivity index (χ2n) is 3.88. The lowest BCUT2D eigenvalue weighted by Crippen LogP contribution is -2.03. The van der Waals surface area contributed by atoms with Gasteiger partial charge >= 0.3 is 0 Å². The number of aryl methyl sites for hydroxylation is 1. The summed E-state index contributed by atoms with van der Waals surface area (Å²) < 4.78 is 12.7. The van der Waals surface area contributed by atoms with Crippen molar-refractivity contribution in [1.29, 1.82) is 0 Å². The van der Waals surface area contributed by atoms with E-state index >= 15 is 0 Å². The number of nitrogens with one attached hydrogen (secondary N) is 1. The van der Waals surface area contributed by atoms with Crippen LogP contribution in [0.15, 0.2) is 36.4 Å². The third-order valence-electron chi connectivity index (χ3n) is 2.52. The lowest BCUT2D eigenvalue weighted by Gasteiger charge is -2.07. The standard InChI is InChI=1S/C13H14FN3/c1-9-2-7-12(17-13(9)15)16-8-10-3-5-11(14)6-4-10/h2-7H,8H2,1H3,(H3,15,16,17)/i14-1. The monoisotopic (exact) mass is 230 g/mol. The average molecular weight is 230 g/mol. The third kappa shape index (κ3) is 2.93. The highest BCUT2D eigenvalue weighted by atomic mass is 18.2. The topological polar surface area (TPSA) is 50.9 Å². The van der Waals surface area contributed by atoms with Crippen LogP contribution in [0.1, 0.15) is 11.1 Å². The molecule has 0 amide bonds. The highest BCUT2D eigenvalue weighted by molar-refractivity contribution is 5.47. The van der Waals surface area contributed by atoms with Gasteiger partial charge in [-0.05, 0) is 36.2 Å². The van der Waals surface area contributed by atoms with Crippen molar-refractivity contribution < 1.29 is 4.39 Å². The SMILES string of the molecule is Cc1ccc(NCc2ccc([18F])cc2)nc1N. The van der Waals surface area contributed by atoms with Crippen molar-refractivity contribution in [2.45, 2.75) is 13.5 Å². The van der Waals surface area contributed by atoms with E-state index in [0.29, 0.717) is 12.4 Å². The third-order valence-corrected chi connectivity index (χ3v) is 2.52. The van der Waals surface area contributed by atoms with Crippen LogP contribution in [-0.2, 0) is 6.54 Å². The number of pyridine rings is 1. The zero-order chi connectivity index (χ0) is 12.3. The summed E-state index contributed by atoms with van der Waals surface area (Å²) in [5, 5.41) is 3.13. The molecule has 0 unspecified atom stereocenters. The molecule has 0 aliphatic heterocycles. The minimum absolute atomic E-state index is 0.230. The van der Waals surface area contributed by atoms with Crippen molar-refractivity contribution in [1.82, 2.24) is 4.98 Å². The van der Waals surface area contributed by atoms with Crippen LogP contribution in [-0.4, -0.2) is 4.98 Å². The maximum absolute atomic E-state index is 12.7. The molecule has 0 spiro atoms. The molecule has 3 N–H and O–H groups in total. The normalized spacial score (nSPS) is 10.2. The molecule has 17 heavy (non-hydrogen) atoms. The number of halogens is 1. The summed E-state index contributed by atoms with van der Waals surface area (Å²) in [5.41, 5.74) is 7.66. The summed E-state index contributed by atoms with van der Waals surface area (Å²) in [4.78, 5) is 4.20. The number of anilines is 2. The first-order chi connectivity index (χ1) is 8.15. The molecule has 0 aliphatic rings. The number of hydrogen-bond donors (Lipinski definition) is 2. The Hall–Kier alpha value is -2.10. The highest BCUT2D eigenvalue weighted by Gasteiger charge is 1.99. The summed E-state index contributed by atoms with van der Waals surface area (Å²) in [6.07, 6.45) is 0. The number of nitrogens with zero attached hydrogens (tertiary/aromatic N) is 1. The minimum atomic E-state index is -0.230. The van der Waals surface area contributed by atoms with Gasteiger partial charge in [-0.1, -0.05) is 18.2 Å². The van der Waals surface area contributed by atoms with Gasteiger partial charge < -0.3 is 11.1 Å². The molecule has 3 nitrogen and oxygen atoms in total. The molecule has 1 aromatic carbocycles. The van der Waals surface area contributed by atoms with E-state index in [-0.39, 0.29) is 5.82 Å². The van der Waals surface area contributed by atoms with Crippen molar-refractivity contribution in [2.24, 2.45) is 0 Å². The van der Waals surface area contributed by atoms with E-state index in [0.717, 1.165) is 16.9 Å². The van der Waals surface area contributed by atoms with Crippen molar-refractivity contribution in [3.8, 4) is 0 Å². The van der Waals surface area contributed by atoms with E-state index in [1.807, 2.05) is 19.1 Å². The molecule has 0 radical (unpaired) electrons. The molecule has 0 bridgehead atoms. The van der Waals surface area contributed by atoms with Gasteiger partial charge in [-0.3, -0.25) is 0 Å². The van der Waals surface area contributed by atoms with Gasteiger partial charge in [0.05, 0.1) is 0 Å². The molecule has 88 valence electrons. The van der Waals surface area contributed by atoms with Crippen LogP contribution < -0.4 is 11.1 Å². The smallest absolute Gasteiger partial charge is 0.128 e. The highest BCUT2D eigenvalue weighted by Crippen LogP contribution is 2.13. The van der Waals surface area contributed by atoms with Gasteiger partial charge in [0.25, 0.3) is 0 Å². The molecule has 0 fully saturated rings. The van der Waals surface area contributed by atoms with Gasteiger partial charge in [-0.25, -0.2) is 9.37 Å². The molecule has 1 aromatic heterocycles. The van der Waals surface area contributed by atoms with E-state index in [2.05, 4.69) is 10.3 Å². The summed E-state index contributed by atoms with van der Waals surface area (Å²) in [5.74, 6) is 1.01. The summed E-state index contributed by atoms with van der Waals surface area (Å²) in [6.45, 7) is 2.50. The van der Waals surface area contributed by atoms with Crippen LogP contribution in [0.2, 0.25) is 0 Å². The Labute approximate surface area is 99.5 Å². The van der Waals surface area contributed by atoms with Crippen molar-refractivity contribution in [3.63, 3.8) is 0 Å². The van der Waals surface area contributed by atoms with Gasteiger partial charge in [0.1, 0.15) is 17.5 Å². The molecule has 0 saturated carbocycles. The van der Waals surface area contributed by atoms with Crippen LogP contribution in [0, 0.1) is 12.7 Å². The summed E-state index contributed by atoms with van der Waals surface area (Å²) >= 11 is 0. The predicted octanol–water partition coefficient (Wildman–Crippen LogP) is 2.72. The van der Waals surface area contributed by atoms with E-state index in [1.54, 1.807) is 12.1 Å². The number of hydrogen-bond acceptors (Lipinski definition) is 3. The van der Waals surface area contributed by atoms with Gasteiger partial charge in [0.15, 0.2) is 0 Å². The first-order valence-electron chi connectivity index (χ1n) is 5.36. The Morgan fingerprint density at radius 3 is 2.53 bits per heavy atom. The zero-order valence-corrected chi connectivity index (χ0v) is 9.57. The van der Waals surface area contributed by atoms with Crippen LogP contribution >= 0.6 is 0 Å². The maximum Gasteiger partial charge on any atom is 0.128 e. The van der Waals surface area contributed by atoms with Crippen LogP contribution in [0.4, 0.5) is 16.0 Å². The average Bonchev–Trinajstić information content (AvgIpc) is 2.33. The minimum Gasteiger partial charge on any atom is -0.383 e. The van der Waals surface area contributed by atoms with Gasteiger partial charge in [0.2, 0.25) is 0 Å². The Morgan fingerprint density at radius 2 is 1.88 bits per heavy atom. The van der Waals surface area contributed by atoms with Gasteiger partial charge in [-0.2, -0.15) is 0 Å². The first kappa shape index (κ1) is 11.4. The molecule has 1 heterocycles. The molecule has 0 saturated heterocycles. The van der Waals surface area contributed by atoms with Crippen LogP contribution in [0.3, 0.4) is 0 Å². The molecule has 2 rings (SSSR count). The van der Waals surface area contributed by atoms with Gasteiger partial charge in [0, 0.05) is 6.54 Å². The second-order valence-corrected chi connectivity index (χ2v) is 3.88. The number of aromatic nitrogens is 1. The Bertz CT molecular complexity index is 509. The van der Waals surface area contributed by atoms with Gasteiger partial charge in [-0.15, -0.1) is 0 Å². The Morgan fingerprint density at radius 1 is 1.18 bits per heavy atom. The van der Waals surface area contributed by atoms with E-state index in [1.165, 1.54) is 12.1 Å². The molecule has 0 atom stereocenters. The molecule has 2 aromatic rings. The zero-order valence-electron chi connectivity index (χ0n) is 9.57. The number of nitrogen functional groups attached to an aromatic ring is 1. The molecular formula is C13H14FN3. The van der Waals surface area contributed by atoms with E-state index < -0.39 is 0 Å². The van der Waals surface area contributed by atoms with Crippen LogP contribution in [0.5, 0.6) is 0 Å². The van der Waals surface area contributed by atoms with Crippen molar-refractivity contribution >= 4 is 11.6 Å². The quantitative estimate of drug-likeness (QED) is 0.852. The molecule has 0 aliphatic carbocycles. The first-order valence-corrected chi connectivity index (χ1v) is 5.36. The van der Waals surface area contributed by atoms with E-state index in [9.17, 15) is 4.39 Å². The summed E-state index contributed by atoms with van der Waals surface area (Å²) in [7, 11) is 0. The Kier molecular flexibility index (Phi) is 3.23. The predicted molar refractivity (Wildman–Crippen MR) is 67.1 cm³/mol. The molecular weight excluding hydrogens is 216 g/mol. The second kappa shape index (κ2) is 4.82. The largest absolute Gasteiger partial charge is 0.383 e. The fourth-order valence-corrected chi connectivity index (χ4v) is 1.44. The lowest BCUT2D eigenvalue weighted by atomic mass is 10.2. The number of rotatable bonds is 3. The number of nitrogens with two attached hydrogens (primary N) is 1. The lowest BCUT2D eigenvalue weighted by molar-refractivity contribution is 0.627. The maximum atomic E-state index is 12.7. The van der Waals surface area contributed by atoms with Crippen molar-refractivity contribution in [2.75, 3.05) is 11.1 Å².